The highest BCUT2D eigenvalue weighted by molar-refractivity contribution is 7.10. The highest BCUT2D eigenvalue weighted by Crippen LogP contribution is 2.34. The van der Waals surface area contributed by atoms with Gasteiger partial charge in [0.05, 0.1) is 12.3 Å². The first-order chi connectivity index (χ1) is 16.0. The first-order valence-corrected chi connectivity index (χ1v) is 12.3. The Morgan fingerprint density at radius 1 is 1.30 bits per heavy atom. The number of furan rings is 1. The Morgan fingerprint density at radius 3 is 2.88 bits per heavy atom. The number of halogens is 1. The summed E-state index contributed by atoms with van der Waals surface area (Å²) in [5, 5.41) is 2.75. The topological polar surface area (TPSA) is 63.0 Å². The van der Waals surface area contributed by atoms with E-state index in [9.17, 15) is 9.59 Å². The molecular formula is C25H27ClN2O4S. The Balaban J connectivity index is 1.51. The molecule has 1 aliphatic heterocycles. The fraction of sp³-hybridized carbons (Fsp3) is 0.360. The molecule has 0 aliphatic carbocycles. The lowest BCUT2D eigenvalue weighted by atomic mass is 10.0. The number of amides is 2. The highest BCUT2D eigenvalue weighted by Gasteiger charge is 2.33. The zero-order valence-electron chi connectivity index (χ0n) is 18.8. The summed E-state index contributed by atoms with van der Waals surface area (Å²) < 4.78 is 11.4. The number of nitrogens with zero attached hydrogens (tertiary/aromatic N) is 2. The molecule has 0 saturated carbocycles. The van der Waals surface area contributed by atoms with Crippen molar-refractivity contribution >= 4 is 34.8 Å². The van der Waals surface area contributed by atoms with E-state index in [0.29, 0.717) is 30.5 Å². The van der Waals surface area contributed by atoms with Gasteiger partial charge in [0.25, 0.3) is 5.91 Å². The van der Waals surface area contributed by atoms with Gasteiger partial charge in [-0.05, 0) is 72.7 Å². The molecule has 0 N–H and O–H groups in total. The maximum Gasteiger partial charge on any atom is 0.290 e. The van der Waals surface area contributed by atoms with Crippen LogP contribution in [0.15, 0.2) is 52.5 Å². The van der Waals surface area contributed by atoms with E-state index < -0.39 is 0 Å². The molecule has 0 bridgehead atoms. The van der Waals surface area contributed by atoms with E-state index in [1.165, 1.54) is 11.1 Å². The number of carbonyl (C=O) groups excluding carboxylic acids is 2. The molecule has 1 aliphatic rings. The minimum absolute atomic E-state index is 0.00337. The van der Waals surface area contributed by atoms with Crippen LogP contribution in [0, 0.1) is 6.92 Å². The molecule has 174 valence electrons. The fourth-order valence-corrected chi connectivity index (χ4v) is 5.14. The van der Waals surface area contributed by atoms with Crippen LogP contribution in [0.3, 0.4) is 0 Å². The molecule has 3 heterocycles. The molecule has 0 spiro atoms. The molecule has 0 unspecified atom stereocenters. The number of aryl methyl sites for hydroxylation is 1. The van der Waals surface area contributed by atoms with Crippen LogP contribution in [0.2, 0.25) is 5.02 Å². The van der Waals surface area contributed by atoms with Crippen LogP contribution < -0.4 is 4.74 Å². The summed E-state index contributed by atoms with van der Waals surface area (Å²) in [7, 11) is 0. The van der Waals surface area contributed by atoms with Gasteiger partial charge in [-0.15, -0.1) is 11.3 Å². The summed E-state index contributed by atoms with van der Waals surface area (Å²) in [4.78, 5) is 31.0. The van der Waals surface area contributed by atoms with Crippen molar-refractivity contribution in [2.24, 2.45) is 0 Å². The highest BCUT2D eigenvalue weighted by atomic mass is 35.5. The molecule has 1 aromatic carbocycles. The molecule has 2 aromatic heterocycles. The van der Waals surface area contributed by atoms with E-state index in [4.69, 9.17) is 20.8 Å². The van der Waals surface area contributed by atoms with Gasteiger partial charge in [0.15, 0.2) is 5.76 Å². The van der Waals surface area contributed by atoms with Gasteiger partial charge in [-0.25, -0.2) is 0 Å². The molecule has 33 heavy (non-hydrogen) atoms. The van der Waals surface area contributed by atoms with Crippen LogP contribution in [-0.2, 0) is 11.2 Å². The van der Waals surface area contributed by atoms with Gasteiger partial charge < -0.3 is 19.0 Å². The maximum absolute atomic E-state index is 13.4. The monoisotopic (exact) mass is 486 g/mol. The predicted octanol–water partition coefficient (Wildman–Crippen LogP) is 5.36. The van der Waals surface area contributed by atoms with Crippen molar-refractivity contribution in [1.29, 1.82) is 0 Å². The smallest absolute Gasteiger partial charge is 0.290 e. The minimum Gasteiger partial charge on any atom is -0.491 e. The number of benzene rings is 1. The SMILES string of the molecule is CCCN(CC(=O)N1CCc2sccc2[C@@H]1COc1ccc(Cl)c(C)c1)C(=O)c1ccco1. The lowest BCUT2D eigenvalue weighted by Crippen LogP contribution is -2.48. The van der Waals surface area contributed by atoms with Crippen LogP contribution in [-0.4, -0.2) is 47.9 Å². The van der Waals surface area contributed by atoms with E-state index in [2.05, 4.69) is 11.4 Å². The van der Waals surface area contributed by atoms with E-state index in [-0.39, 0.29) is 30.2 Å². The first-order valence-electron chi connectivity index (χ1n) is 11.1. The summed E-state index contributed by atoms with van der Waals surface area (Å²) >= 11 is 7.84. The zero-order valence-corrected chi connectivity index (χ0v) is 20.3. The van der Waals surface area contributed by atoms with Crippen molar-refractivity contribution in [2.75, 3.05) is 26.2 Å². The molecule has 3 aromatic rings. The largest absolute Gasteiger partial charge is 0.491 e. The lowest BCUT2D eigenvalue weighted by Gasteiger charge is -2.37. The predicted molar refractivity (Wildman–Crippen MR) is 129 cm³/mol. The van der Waals surface area contributed by atoms with Gasteiger partial charge in [-0.1, -0.05) is 18.5 Å². The van der Waals surface area contributed by atoms with E-state index >= 15 is 0 Å². The second kappa shape index (κ2) is 10.4. The molecule has 8 heteroatoms. The van der Waals surface area contributed by atoms with Crippen LogP contribution in [0.25, 0.3) is 0 Å². The second-order valence-electron chi connectivity index (χ2n) is 8.08. The third-order valence-corrected chi connectivity index (χ3v) is 7.21. The van der Waals surface area contributed by atoms with Gasteiger partial charge in [0.2, 0.25) is 5.91 Å². The van der Waals surface area contributed by atoms with Crippen molar-refractivity contribution in [3.63, 3.8) is 0 Å². The maximum atomic E-state index is 13.4. The number of carbonyl (C=O) groups is 2. The molecule has 1 atom stereocenters. The van der Waals surface area contributed by atoms with Gasteiger partial charge in [0.1, 0.15) is 18.9 Å². The van der Waals surface area contributed by atoms with Gasteiger partial charge in [0, 0.05) is 23.0 Å². The zero-order chi connectivity index (χ0) is 23.4. The van der Waals surface area contributed by atoms with E-state index in [0.717, 1.165) is 24.0 Å². The standard InChI is InChI=1S/C25H27ClN2O4S/c1-3-10-27(25(30)22-5-4-12-31-22)15-24(29)28-11-8-23-19(9-13-33-23)21(28)16-32-18-6-7-20(26)17(2)14-18/h4-7,9,12-14,21H,3,8,10-11,15-16H2,1-2H3/t21-/m0/s1. The third kappa shape index (κ3) is 5.25. The summed E-state index contributed by atoms with van der Waals surface area (Å²) in [6.07, 6.45) is 3.01. The van der Waals surface area contributed by atoms with Crippen molar-refractivity contribution in [3.8, 4) is 5.75 Å². The number of ether oxygens (including phenoxy) is 1. The van der Waals surface area contributed by atoms with Gasteiger partial charge >= 0.3 is 0 Å². The quantitative estimate of drug-likeness (QED) is 0.430. The van der Waals surface area contributed by atoms with Crippen LogP contribution >= 0.6 is 22.9 Å². The van der Waals surface area contributed by atoms with Gasteiger partial charge in [-0.3, -0.25) is 9.59 Å². The minimum atomic E-state index is -0.270. The Kier molecular flexibility index (Phi) is 7.40. The fourth-order valence-electron chi connectivity index (χ4n) is 4.09. The Labute approximate surface area is 202 Å². The van der Waals surface area contributed by atoms with Crippen molar-refractivity contribution < 1.29 is 18.7 Å². The number of fused-ring (bicyclic) bond motifs is 1. The molecule has 6 nitrogen and oxygen atoms in total. The number of rotatable bonds is 8. The molecule has 0 fully saturated rings. The van der Waals surface area contributed by atoms with Crippen LogP contribution in [0.4, 0.5) is 0 Å². The average Bonchev–Trinajstić information content (AvgIpc) is 3.51. The van der Waals surface area contributed by atoms with E-state index in [1.54, 1.807) is 28.4 Å². The summed E-state index contributed by atoms with van der Waals surface area (Å²) in [6, 6.07) is 10.7. The van der Waals surface area contributed by atoms with Crippen LogP contribution in [0.5, 0.6) is 5.75 Å². The van der Waals surface area contributed by atoms with Gasteiger partial charge in [-0.2, -0.15) is 0 Å². The molecule has 2 amide bonds. The third-order valence-electron chi connectivity index (χ3n) is 5.79. The summed E-state index contributed by atoms with van der Waals surface area (Å²) in [5.41, 5.74) is 2.05. The average molecular weight is 487 g/mol. The summed E-state index contributed by atoms with van der Waals surface area (Å²) in [5.74, 6) is 0.592. The Hall–Kier alpha value is -2.77. The Bertz CT molecular complexity index is 1110. The number of thiophene rings is 1. The lowest BCUT2D eigenvalue weighted by molar-refractivity contribution is -0.135. The molecule has 4 rings (SSSR count). The molecule has 0 saturated heterocycles. The number of hydrogen-bond donors (Lipinski definition) is 0. The molecular weight excluding hydrogens is 460 g/mol. The van der Waals surface area contributed by atoms with Crippen molar-refractivity contribution in [2.45, 2.75) is 32.7 Å². The Morgan fingerprint density at radius 2 is 2.15 bits per heavy atom. The second-order valence-corrected chi connectivity index (χ2v) is 9.49. The molecule has 0 radical (unpaired) electrons. The van der Waals surface area contributed by atoms with Crippen LogP contribution in [0.1, 0.15) is 45.9 Å². The first kappa shape index (κ1) is 23.4. The van der Waals surface area contributed by atoms with Crippen molar-refractivity contribution in [3.05, 3.63) is 74.8 Å². The normalized spacial score (nSPS) is 15.2. The van der Waals surface area contributed by atoms with E-state index in [1.807, 2.05) is 36.9 Å². The summed E-state index contributed by atoms with van der Waals surface area (Å²) in [6.45, 7) is 5.32. The van der Waals surface area contributed by atoms with Crippen molar-refractivity contribution in [1.82, 2.24) is 9.80 Å². The number of hydrogen-bond acceptors (Lipinski definition) is 5.